The van der Waals surface area contributed by atoms with Gasteiger partial charge in [-0.2, -0.15) is 12.6 Å². The van der Waals surface area contributed by atoms with Gasteiger partial charge in [0.2, 0.25) is 23.6 Å². The van der Waals surface area contributed by atoms with Crippen molar-refractivity contribution in [1.82, 2.24) is 20.9 Å². The molecule has 0 aliphatic heterocycles. The number of nitrogens with one attached hydrogen (secondary N) is 4. The Morgan fingerprint density at radius 2 is 1.58 bits per heavy atom. The molecule has 38 heavy (non-hydrogen) atoms. The van der Waals surface area contributed by atoms with E-state index in [2.05, 4.69) is 33.6 Å². The van der Waals surface area contributed by atoms with Crippen molar-refractivity contribution in [3.8, 4) is 0 Å². The summed E-state index contributed by atoms with van der Waals surface area (Å²) in [6.07, 6.45) is 1.89. The number of carboxylic acids is 1. The van der Waals surface area contributed by atoms with Crippen LogP contribution < -0.4 is 27.4 Å². The number of carbonyl (C=O) groups excluding carboxylic acids is 4. The summed E-state index contributed by atoms with van der Waals surface area (Å²) < 4.78 is 0. The van der Waals surface area contributed by atoms with E-state index in [0.29, 0.717) is 0 Å². The number of aromatic nitrogens is 1. The van der Waals surface area contributed by atoms with E-state index in [1.54, 1.807) is 6.20 Å². The Bertz CT molecular complexity index is 1150. The number of hydrogen-bond acceptors (Lipinski definition) is 7. The van der Waals surface area contributed by atoms with Gasteiger partial charge in [-0.15, -0.1) is 0 Å². The third kappa shape index (κ3) is 9.06. The first-order chi connectivity index (χ1) is 17.9. The Morgan fingerprint density at radius 1 is 0.974 bits per heavy atom. The molecule has 2 aromatic rings. The van der Waals surface area contributed by atoms with E-state index in [4.69, 9.17) is 11.5 Å². The maximum absolute atomic E-state index is 13.3. The summed E-state index contributed by atoms with van der Waals surface area (Å²) >= 11 is 4.15. The number of H-pyrrole nitrogens is 1. The molecule has 0 fully saturated rings. The van der Waals surface area contributed by atoms with Crippen LogP contribution in [0.2, 0.25) is 0 Å². The molecule has 208 valence electrons. The van der Waals surface area contributed by atoms with Crippen LogP contribution in [0.1, 0.15) is 38.7 Å². The lowest BCUT2D eigenvalue weighted by Crippen LogP contribution is -2.58. The van der Waals surface area contributed by atoms with Crippen LogP contribution in [0, 0.1) is 5.92 Å². The molecule has 9 N–H and O–H groups in total. The number of hydrogen-bond donors (Lipinski definition) is 8. The number of aliphatic carboxylic acids is 1. The molecule has 4 unspecified atom stereocenters. The summed E-state index contributed by atoms with van der Waals surface area (Å²) in [6, 6.07) is 2.90. The van der Waals surface area contributed by atoms with E-state index in [1.165, 1.54) is 0 Å². The Labute approximate surface area is 226 Å². The van der Waals surface area contributed by atoms with Crippen LogP contribution in [0.4, 0.5) is 0 Å². The van der Waals surface area contributed by atoms with E-state index in [9.17, 15) is 29.1 Å². The normalized spacial score (nSPS) is 14.3. The monoisotopic (exact) mass is 548 g/mol. The van der Waals surface area contributed by atoms with Crippen LogP contribution in [0.3, 0.4) is 0 Å². The standard InChI is InChI=1S/C25H36N6O6S/c1-13(2)9-19(25(36)37)30-24(35)20(12-38)31-23(34)18(29-22(33)16(26)7-8-21(27)32)10-14-11-28-17-6-4-3-5-15(14)17/h3-6,11,13,16,18-20,28,38H,7-10,12,26H2,1-2H3,(H2,27,32)(H,29,33)(H,30,35)(H,31,34)(H,36,37). The van der Waals surface area contributed by atoms with E-state index < -0.39 is 53.8 Å². The maximum Gasteiger partial charge on any atom is 0.326 e. The van der Waals surface area contributed by atoms with Crippen molar-refractivity contribution in [2.75, 3.05) is 5.75 Å². The third-order valence-corrected chi connectivity index (χ3v) is 6.27. The van der Waals surface area contributed by atoms with E-state index in [1.807, 2.05) is 38.1 Å². The van der Waals surface area contributed by atoms with Crippen molar-refractivity contribution in [2.24, 2.45) is 17.4 Å². The number of nitrogens with two attached hydrogens (primary N) is 2. The Balaban J connectivity index is 2.22. The van der Waals surface area contributed by atoms with Gasteiger partial charge in [0.25, 0.3) is 0 Å². The number of fused-ring (bicyclic) bond motifs is 1. The number of thiol groups is 1. The Hall–Kier alpha value is -3.58. The second-order valence-corrected chi connectivity index (χ2v) is 9.87. The quantitative estimate of drug-likeness (QED) is 0.141. The first kappa shape index (κ1) is 30.6. The first-order valence-corrected chi connectivity index (χ1v) is 12.9. The summed E-state index contributed by atoms with van der Waals surface area (Å²) in [7, 11) is 0. The highest BCUT2D eigenvalue weighted by molar-refractivity contribution is 7.80. The van der Waals surface area contributed by atoms with Gasteiger partial charge >= 0.3 is 5.97 Å². The molecule has 1 aromatic carbocycles. The molecule has 0 saturated heterocycles. The zero-order chi connectivity index (χ0) is 28.4. The molecule has 0 saturated carbocycles. The molecule has 13 heteroatoms. The fourth-order valence-corrected chi connectivity index (χ4v) is 4.13. The number of carboxylic acid groups (broad SMARTS) is 1. The zero-order valence-corrected chi connectivity index (χ0v) is 22.3. The van der Waals surface area contributed by atoms with Crippen LogP contribution in [0.15, 0.2) is 30.5 Å². The van der Waals surface area contributed by atoms with Crippen molar-refractivity contribution in [3.05, 3.63) is 36.0 Å². The lowest BCUT2D eigenvalue weighted by atomic mass is 10.0. The Kier molecular flexibility index (Phi) is 11.6. The zero-order valence-electron chi connectivity index (χ0n) is 21.4. The van der Waals surface area contributed by atoms with Gasteiger partial charge in [0.1, 0.15) is 18.1 Å². The smallest absolute Gasteiger partial charge is 0.326 e. The number of para-hydroxylation sites is 1. The minimum Gasteiger partial charge on any atom is -0.480 e. The molecule has 4 amide bonds. The third-order valence-electron chi connectivity index (χ3n) is 5.91. The van der Waals surface area contributed by atoms with Crippen LogP contribution in [-0.4, -0.2) is 69.6 Å². The number of benzene rings is 1. The summed E-state index contributed by atoms with van der Waals surface area (Å²) in [6.45, 7) is 3.65. The van der Waals surface area contributed by atoms with Gasteiger partial charge in [-0.1, -0.05) is 32.0 Å². The minimum absolute atomic E-state index is 0.00328. The SMILES string of the molecule is CC(C)CC(NC(=O)C(CS)NC(=O)C(Cc1c[nH]c2ccccc12)NC(=O)C(N)CCC(N)=O)C(=O)O. The second-order valence-electron chi connectivity index (χ2n) is 9.51. The molecule has 4 atom stereocenters. The summed E-state index contributed by atoms with van der Waals surface area (Å²) in [5, 5.41) is 17.9. The molecular formula is C25H36N6O6S. The Morgan fingerprint density at radius 3 is 2.18 bits per heavy atom. The molecule has 12 nitrogen and oxygen atoms in total. The highest BCUT2D eigenvalue weighted by Crippen LogP contribution is 2.19. The predicted molar refractivity (Wildman–Crippen MR) is 145 cm³/mol. The number of aromatic amines is 1. The average Bonchev–Trinajstić information content (AvgIpc) is 3.27. The van der Waals surface area contributed by atoms with Crippen molar-refractivity contribution in [1.29, 1.82) is 0 Å². The molecule has 0 aliphatic rings. The highest BCUT2D eigenvalue weighted by Gasteiger charge is 2.30. The van der Waals surface area contributed by atoms with E-state index >= 15 is 0 Å². The molecule has 1 aromatic heterocycles. The summed E-state index contributed by atoms with van der Waals surface area (Å²) in [4.78, 5) is 64.6. The van der Waals surface area contributed by atoms with Gasteiger partial charge in [0, 0.05) is 35.7 Å². The second kappa shape index (κ2) is 14.4. The van der Waals surface area contributed by atoms with Crippen molar-refractivity contribution in [3.63, 3.8) is 0 Å². The maximum atomic E-state index is 13.3. The number of rotatable bonds is 15. The van der Waals surface area contributed by atoms with E-state index in [0.717, 1.165) is 16.5 Å². The molecular weight excluding hydrogens is 512 g/mol. The van der Waals surface area contributed by atoms with Gasteiger partial charge in [-0.25, -0.2) is 4.79 Å². The largest absolute Gasteiger partial charge is 0.480 e. The van der Waals surface area contributed by atoms with Crippen LogP contribution in [0.25, 0.3) is 10.9 Å². The van der Waals surface area contributed by atoms with Crippen molar-refractivity contribution < 1.29 is 29.1 Å². The summed E-state index contributed by atoms with van der Waals surface area (Å²) in [5.74, 6) is -3.97. The number of carbonyl (C=O) groups is 5. The number of amides is 4. The molecule has 0 radical (unpaired) electrons. The van der Waals surface area contributed by atoms with E-state index in [-0.39, 0.29) is 37.4 Å². The van der Waals surface area contributed by atoms with Crippen LogP contribution >= 0.6 is 12.6 Å². The van der Waals surface area contributed by atoms with Gasteiger partial charge in [0.15, 0.2) is 0 Å². The number of primary amides is 1. The molecule has 0 aliphatic carbocycles. The fourth-order valence-electron chi connectivity index (χ4n) is 3.87. The highest BCUT2D eigenvalue weighted by atomic mass is 32.1. The molecule has 2 rings (SSSR count). The average molecular weight is 549 g/mol. The van der Waals surface area contributed by atoms with Crippen LogP contribution in [0.5, 0.6) is 0 Å². The fraction of sp³-hybridized carbons (Fsp3) is 0.480. The lowest BCUT2D eigenvalue weighted by Gasteiger charge is -2.25. The van der Waals surface area contributed by atoms with Gasteiger partial charge in [0.05, 0.1) is 6.04 Å². The van der Waals surface area contributed by atoms with Crippen molar-refractivity contribution >= 4 is 53.1 Å². The summed E-state index contributed by atoms with van der Waals surface area (Å²) in [5.41, 5.74) is 12.6. The molecule has 0 spiro atoms. The predicted octanol–water partition coefficient (Wildman–Crippen LogP) is -0.182. The van der Waals surface area contributed by atoms with Gasteiger partial charge < -0.3 is 37.5 Å². The van der Waals surface area contributed by atoms with Crippen LogP contribution in [-0.2, 0) is 30.4 Å². The molecule has 1 heterocycles. The van der Waals surface area contributed by atoms with Crippen molar-refractivity contribution in [2.45, 2.75) is 63.7 Å². The lowest BCUT2D eigenvalue weighted by molar-refractivity contribution is -0.142. The first-order valence-electron chi connectivity index (χ1n) is 12.3. The molecule has 0 bridgehead atoms. The topological polar surface area (TPSA) is 210 Å². The van der Waals surface area contributed by atoms with Gasteiger partial charge in [-0.05, 0) is 30.4 Å². The van der Waals surface area contributed by atoms with Gasteiger partial charge in [-0.3, -0.25) is 19.2 Å². The minimum atomic E-state index is -1.19.